The molecule has 2 heterocycles. The van der Waals surface area contributed by atoms with Crippen LogP contribution in [0.1, 0.15) is 13.3 Å². The van der Waals surface area contributed by atoms with Crippen LogP contribution in [0.2, 0.25) is 0 Å². The fourth-order valence-corrected chi connectivity index (χ4v) is 4.19. The van der Waals surface area contributed by atoms with E-state index in [1.54, 1.807) is 14.0 Å². The second-order valence-electron chi connectivity index (χ2n) is 5.76. The Balaban J connectivity index is 2.20. The minimum absolute atomic E-state index is 0.0517. The van der Waals surface area contributed by atoms with Crippen LogP contribution in [-0.2, 0) is 19.6 Å². The zero-order valence-corrected chi connectivity index (χ0v) is 12.6. The van der Waals surface area contributed by atoms with Gasteiger partial charge >= 0.3 is 0 Å². The molecule has 6 nitrogen and oxygen atoms in total. The second-order valence-corrected chi connectivity index (χ2v) is 7.75. The molecule has 2 aliphatic heterocycles. The van der Waals surface area contributed by atoms with Crippen LogP contribution in [0, 0.1) is 11.3 Å². The highest BCUT2D eigenvalue weighted by molar-refractivity contribution is 7.88. The van der Waals surface area contributed by atoms with E-state index >= 15 is 0 Å². The third-order valence-corrected chi connectivity index (χ3v) is 5.71. The number of likely N-dealkylation sites (tertiary alicyclic amines) is 1. The molecule has 110 valence electrons. The normalized spacial score (nSPS) is 32.4. The molecular formula is C12H22N2O4S. The number of ether oxygens (including phenoxy) is 1. The molecule has 0 radical (unpaired) electrons. The summed E-state index contributed by atoms with van der Waals surface area (Å²) in [5.74, 6) is 0.218. The summed E-state index contributed by atoms with van der Waals surface area (Å²) in [6.45, 7) is 4.46. The van der Waals surface area contributed by atoms with Gasteiger partial charge in [-0.05, 0) is 12.3 Å². The van der Waals surface area contributed by atoms with Gasteiger partial charge in [0.05, 0.1) is 12.9 Å². The van der Waals surface area contributed by atoms with Crippen molar-refractivity contribution in [2.24, 2.45) is 11.3 Å². The van der Waals surface area contributed by atoms with Gasteiger partial charge in [0.2, 0.25) is 15.9 Å². The highest BCUT2D eigenvalue weighted by Crippen LogP contribution is 2.43. The molecular weight excluding hydrogens is 268 g/mol. The number of carbonyl (C=O) groups excluding carboxylic acids is 1. The standard InChI is InChI=1S/C12H22N2O4S/c1-10(15)13-6-11-7-14(19(3,16)17)5-4-12(11,8-13)9-18-2/h11H,4-9H2,1-3H3/t11-,12-/m0/s1. The maximum Gasteiger partial charge on any atom is 0.219 e. The lowest BCUT2D eigenvalue weighted by Gasteiger charge is -2.41. The van der Waals surface area contributed by atoms with Crippen molar-refractivity contribution in [3.05, 3.63) is 0 Å². The van der Waals surface area contributed by atoms with Crippen LogP contribution in [0.15, 0.2) is 0 Å². The zero-order valence-electron chi connectivity index (χ0n) is 11.8. The summed E-state index contributed by atoms with van der Waals surface area (Å²) in [6, 6.07) is 0. The highest BCUT2D eigenvalue weighted by Gasteiger charge is 2.51. The van der Waals surface area contributed by atoms with Crippen LogP contribution >= 0.6 is 0 Å². The van der Waals surface area contributed by atoms with Crippen LogP contribution in [-0.4, -0.2) is 69.7 Å². The molecule has 2 atom stereocenters. The third-order valence-electron chi connectivity index (χ3n) is 4.44. The van der Waals surface area contributed by atoms with Gasteiger partial charge in [0.1, 0.15) is 0 Å². The van der Waals surface area contributed by atoms with Gasteiger partial charge in [0.15, 0.2) is 0 Å². The predicted molar refractivity (Wildman–Crippen MR) is 71.1 cm³/mol. The van der Waals surface area contributed by atoms with Crippen molar-refractivity contribution in [2.75, 3.05) is 46.2 Å². The summed E-state index contributed by atoms with van der Waals surface area (Å²) in [4.78, 5) is 13.4. The zero-order chi connectivity index (χ0) is 14.3. The summed E-state index contributed by atoms with van der Waals surface area (Å²) in [6.07, 6.45) is 2.00. The van der Waals surface area contributed by atoms with Gasteiger partial charge < -0.3 is 9.64 Å². The quantitative estimate of drug-likeness (QED) is 0.720. The third kappa shape index (κ3) is 2.78. The Bertz CT molecular complexity index is 464. The number of carbonyl (C=O) groups is 1. The average molecular weight is 290 g/mol. The summed E-state index contributed by atoms with van der Waals surface area (Å²) in [5.41, 5.74) is -0.0817. The number of amides is 1. The molecule has 2 rings (SSSR count). The van der Waals surface area contributed by atoms with Gasteiger partial charge in [-0.3, -0.25) is 4.79 Å². The molecule has 2 aliphatic rings. The van der Waals surface area contributed by atoms with E-state index in [4.69, 9.17) is 4.74 Å². The number of hydrogen-bond donors (Lipinski definition) is 0. The van der Waals surface area contributed by atoms with E-state index < -0.39 is 10.0 Å². The van der Waals surface area contributed by atoms with Crippen molar-refractivity contribution in [3.8, 4) is 0 Å². The number of piperidine rings is 1. The fraction of sp³-hybridized carbons (Fsp3) is 0.917. The number of fused-ring (bicyclic) bond motifs is 1. The number of hydrogen-bond acceptors (Lipinski definition) is 4. The number of nitrogens with zero attached hydrogens (tertiary/aromatic N) is 2. The summed E-state index contributed by atoms with van der Waals surface area (Å²) < 4.78 is 30.2. The summed E-state index contributed by atoms with van der Waals surface area (Å²) in [5, 5.41) is 0. The molecule has 0 aliphatic carbocycles. The predicted octanol–water partition coefficient (Wildman–Crippen LogP) is -0.237. The Morgan fingerprint density at radius 2 is 2.11 bits per heavy atom. The molecule has 0 aromatic rings. The second kappa shape index (κ2) is 5.03. The van der Waals surface area contributed by atoms with Crippen LogP contribution in [0.5, 0.6) is 0 Å². The molecule has 0 N–H and O–H groups in total. The first-order chi connectivity index (χ1) is 8.78. The molecule has 19 heavy (non-hydrogen) atoms. The molecule has 0 saturated carbocycles. The molecule has 0 aromatic heterocycles. The topological polar surface area (TPSA) is 66.9 Å². The first-order valence-electron chi connectivity index (χ1n) is 6.48. The highest BCUT2D eigenvalue weighted by atomic mass is 32.2. The molecule has 0 aromatic carbocycles. The van der Waals surface area contributed by atoms with Crippen molar-refractivity contribution >= 4 is 15.9 Å². The monoisotopic (exact) mass is 290 g/mol. The molecule has 2 fully saturated rings. The van der Waals surface area contributed by atoms with Crippen molar-refractivity contribution in [1.82, 2.24) is 9.21 Å². The molecule has 0 bridgehead atoms. The van der Waals surface area contributed by atoms with E-state index in [0.717, 1.165) is 6.42 Å². The van der Waals surface area contributed by atoms with Crippen LogP contribution < -0.4 is 0 Å². The minimum atomic E-state index is -3.15. The van der Waals surface area contributed by atoms with E-state index in [-0.39, 0.29) is 17.2 Å². The molecule has 0 unspecified atom stereocenters. The van der Waals surface area contributed by atoms with Gasteiger partial charge in [-0.1, -0.05) is 0 Å². The van der Waals surface area contributed by atoms with Gasteiger partial charge in [-0.25, -0.2) is 12.7 Å². The van der Waals surface area contributed by atoms with Gasteiger partial charge in [-0.2, -0.15) is 0 Å². The Hall–Kier alpha value is -0.660. The largest absolute Gasteiger partial charge is 0.384 e. The van der Waals surface area contributed by atoms with E-state index in [1.807, 2.05) is 4.90 Å². The Morgan fingerprint density at radius 1 is 1.42 bits per heavy atom. The van der Waals surface area contributed by atoms with Crippen LogP contribution in [0.25, 0.3) is 0 Å². The number of sulfonamides is 1. The first kappa shape index (κ1) is 14.7. The average Bonchev–Trinajstić information content (AvgIpc) is 2.66. The van der Waals surface area contributed by atoms with Crippen molar-refractivity contribution in [2.45, 2.75) is 13.3 Å². The molecule has 1 amide bonds. The Kier molecular flexibility index (Phi) is 3.90. The van der Waals surface area contributed by atoms with Crippen LogP contribution in [0.4, 0.5) is 0 Å². The number of rotatable bonds is 3. The van der Waals surface area contributed by atoms with Crippen molar-refractivity contribution < 1.29 is 17.9 Å². The first-order valence-corrected chi connectivity index (χ1v) is 8.33. The van der Waals surface area contributed by atoms with E-state index in [9.17, 15) is 13.2 Å². The van der Waals surface area contributed by atoms with Crippen LogP contribution in [0.3, 0.4) is 0 Å². The van der Waals surface area contributed by atoms with Crippen molar-refractivity contribution in [3.63, 3.8) is 0 Å². The minimum Gasteiger partial charge on any atom is -0.384 e. The maximum absolute atomic E-state index is 11.7. The maximum atomic E-state index is 11.7. The lowest BCUT2D eigenvalue weighted by atomic mass is 9.74. The van der Waals surface area contributed by atoms with Gasteiger partial charge in [0.25, 0.3) is 0 Å². The lowest BCUT2D eigenvalue weighted by molar-refractivity contribution is -0.128. The fourth-order valence-electron chi connectivity index (χ4n) is 3.32. The summed E-state index contributed by atoms with van der Waals surface area (Å²) in [7, 11) is -1.50. The molecule has 0 spiro atoms. The van der Waals surface area contributed by atoms with Gasteiger partial charge in [-0.15, -0.1) is 0 Å². The number of methoxy groups -OCH3 is 1. The summed E-state index contributed by atoms with van der Waals surface area (Å²) >= 11 is 0. The molecule has 7 heteroatoms. The Labute approximate surface area is 114 Å². The smallest absolute Gasteiger partial charge is 0.219 e. The van der Waals surface area contributed by atoms with E-state index in [1.165, 1.54) is 10.6 Å². The lowest BCUT2D eigenvalue weighted by Crippen LogP contribution is -2.50. The van der Waals surface area contributed by atoms with Crippen molar-refractivity contribution in [1.29, 1.82) is 0 Å². The van der Waals surface area contributed by atoms with E-state index in [2.05, 4.69) is 0 Å². The Morgan fingerprint density at radius 3 is 2.63 bits per heavy atom. The van der Waals surface area contributed by atoms with E-state index in [0.29, 0.717) is 32.8 Å². The SMILES string of the molecule is COC[C@@]12CCN(S(C)(=O)=O)C[C@@H]1CN(C(C)=O)C2. The van der Waals surface area contributed by atoms with Gasteiger partial charge in [0, 0.05) is 45.6 Å². The molecule has 2 saturated heterocycles.